The molecule has 0 amide bonds. The van der Waals surface area contributed by atoms with Crippen LogP contribution in [0.2, 0.25) is 0 Å². The Morgan fingerprint density at radius 1 is 1.16 bits per heavy atom. The van der Waals surface area contributed by atoms with Crippen LogP contribution in [0.4, 0.5) is 5.13 Å². The van der Waals surface area contributed by atoms with Gasteiger partial charge in [0, 0.05) is 18.0 Å². The highest BCUT2D eigenvalue weighted by molar-refractivity contribution is 7.09. The number of aryl methyl sites for hydroxylation is 2. The fraction of sp³-hybridized carbons (Fsp3) is 0.467. The number of benzene rings is 1. The molecule has 2 rings (SSSR count). The second kappa shape index (κ2) is 4.93. The number of anilines is 1. The molecule has 0 spiro atoms. The van der Waals surface area contributed by atoms with Crippen molar-refractivity contribution in [3.63, 3.8) is 0 Å². The Hall–Kier alpha value is -1.42. The number of hydrogen-bond acceptors (Lipinski definition) is 4. The molecule has 0 bridgehead atoms. The van der Waals surface area contributed by atoms with Gasteiger partial charge in [-0.3, -0.25) is 0 Å². The van der Waals surface area contributed by atoms with Gasteiger partial charge in [-0.1, -0.05) is 32.9 Å². The minimum Gasteiger partial charge on any atom is -0.374 e. The second-order valence-corrected chi connectivity index (χ2v) is 6.85. The molecule has 0 aliphatic rings. The molecule has 0 atom stereocenters. The van der Waals surface area contributed by atoms with E-state index in [0.29, 0.717) is 5.13 Å². The lowest BCUT2D eigenvalue weighted by molar-refractivity contribution is 0.588. The summed E-state index contributed by atoms with van der Waals surface area (Å²) >= 11 is 1.26. The Labute approximate surface area is 119 Å². The van der Waals surface area contributed by atoms with Crippen molar-refractivity contribution in [2.75, 3.05) is 5.73 Å². The van der Waals surface area contributed by atoms with Gasteiger partial charge in [-0.15, -0.1) is 0 Å². The Balaban J connectivity index is 2.37. The summed E-state index contributed by atoms with van der Waals surface area (Å²) in [6.45, 7) is 11.0. The predicted molar refractivity (Wildman–Crippen MR) is 81.7 cm³/mol. The molecule has 0 unspecified atom stereocenters. The molecule has 4 heteroatoms. The SMILES string of the molecule is Cc1cc(C(C)(C)C)cc(C)c1Cc1nsc(N)n1. The molecule has 1 heterocycles. The number of nitrogens with zero attached hydrogens (tertiary/aromatic N) is 2. The normalized spacial score (nSPS) is 11.8. The predicted octanol–water partition coefficient (Wildman–Crippen LogP) is 3.63. The minimum atomic E-state index is 0.178. The molecule has 102 valence electrons. The standard InChI is InChI=1S/C15H21N3S/c1-9-6-11(15(3,4)5)7-10(2)12(9)8-13-17-14(16)19-18-13/h6-7H,8H2,1-5H3,(H2,16,17,18). The molecule has 0 saturated carbocycles. The zero-order chi connectivity index (χ0) is 14.2. The van der Waals surface area contributed by atoms with Crippen LogP contribution in [0.15, 0.2) is 12.1 Å². The molecule has 1 aromatic carbocycles. The maximum atomic E-state index is 5.63. The van der Waals surface area contributed by atoms with Crippen LogP contribution < -0.4 is 5.73 Å². The summed E-state index contributed by atoms with van der Waals surface area (Å²) in [7, 11) is 0. The van der Waals surface area contributed by atoms with Crippen LogP contribution in [0.1, 0.15) is 48.8 Å². The highest BCUT2D eigenvalue weighted by atomic mass is 32.1. The monoisotopic (exact) mass is 275 g/mol. The van der Waals surface area contributed by atoms with Crippen molar-refractivity contribution in [3.05, 3.63) is 40.2 Å². The number of rotatable bonds is 2. The van der Waals surface area contributed by atoms with Gasteiger partial charge in [-0.05, 0) is 41.5 Å². The quantitative estimate of drug-likeness (QED) is 0.910. The van der Waals surface area contributed by atoms with E-state index < -0.39 is 0 Å². The third kappa shape index (κ3) is 3.13. The van der Waals surface area contributed by atoms with E-state index >= 15 is 0 Å². The molecule has 0 aliphatic heterocycles. The summed E-state index contributed by atoms with van der Waals surface area (Å²) in [5.41, 5.74) is 11.1. The zero-order valence-corrected chi connectivity index (χ0v) is 13.1. The van der Waals surface area contributed by atoms with Gasteiger partial charge in [0.15, 0.2) is 5.13 Å². The molecular weight excluding hydrogens is 254 g/mol. The summed E-state index contributed by atoms with van der Waals surface area (Å²) in [5, 5.41) is 0.539. The maximum absolute atomic E-state index is 5.63. The van der Waals surface area contributed by atoms with E-state index in [9.17, 15) is 0 Å². The lowest BCUT2D eigenvalue weighted by Crippen LogP contribution is -2.12. The smallest absolute Gasteiger partial charge is 0.199 e. The lowest BCUT2D eigenvalue weighted by Gasteiger charge is -2.22. The number of aromatic nitrogens is 2. The Kier molecular flexibility index (Phi) is 3.63. The van der Waals surface area contributed by atoms with Crippen LogP contribution in [0.3, 0.4) is 0 Å². The first-order valence-electron chi connectivity index (χ1n) is 6.46. The first-order chi connectivity index (χ1) is 8.77. The fourth-order valence-electron chi connectivity index (χ4n) is 2.20. The molecule has 1 aromatic heterocycles. The highest BCUT2D eigenvalue weighted by Crippen LogP contribution is 2.28. The number of nitrogen functional groups attached to an aromatic ring is 1. The van der Waals surface area contributed by atoms with E-state index in [-0.39, 0.29) is 5.41 Å². The van der Waals surface area contributed by atoms with Gasteiger partial charge in [0.25, 0.3) is 0 Å². The second-order valence-electron chi connectivity index (χ2n) is 6.06. The van der Waals surface area contributed by atoms with Gasteiger partial charge >= 0.3 is 0 Å². The van der Waals surface area contributed by atoms with E-state index in [2.05, 4.69) is 56.1 Å². The average molecular weight is 275 g/mol. The first-order valence-corrected chi connectivity index (χ1v) is 7.23. The average Bonchev–Trinajstić information content (AvgIpc) is 2.68. The molecule has 19 heavy (non-hydrogen) atoms. The van der Waals surface area contributed by atoms with Crippen LogP contribution in [0, 0.1) is 13.8 Å². The van der Waals surface area contributed by atoms with E-state index in [1.807, 2.05) is 0 Å². The topological polar surface area (TPSA) is 51.8 Å². The van der Waals surface area contributed by atoms with Crippen molar-refractivity contribution in [1.29, 1.82) is 0 Å². The van der Waals surface area contributed by atoms with Crippen LogP contribution >= 0.6 is 11.5 Å². The molecule has 0 saturated heterocycles. The summed E-state index contributed by atoms with van der Waals surface area (Å²) in [6, 6.07) is 4.55. The minimum absolute atomic E-state index is 0.178. The van der Waals surface area contributed by atoms with Gasteiger partial charge in [-0.2, -0.15) is 4.37 Å². The molecule has 3 nitrogen and oxygen atoms in total. The summed E-state index contributed by atoms with van der Waals surface area (Å²) in [4.78, 5) is 4.24. The van der Waals surface area contributed by atoms with Gasteiger partial charge in [0.1, 0.15) is 5.82 Å². The van der Waals surface area contributed by atoms with E-state index in [1.54, 1.807) is 0 Å². The number of nitrogens with two attached hydrogens (primary N) is 1. The molecular formula is C15H21N3S. The van der Waals surface area contributed by atoms with Crippen molar-refractivity contribution in [3.8, 4) is 0 Å². The van der Waals surface area contributed by atoms with Crippen molar-refractivity contribution >= 4 is 16.7 Å². The highest BCUT2D eigenvalue weighted by Gasteiger charge is 2.17. The van der Waals surface area contributed by atoms with Crippen molar-refractivity contribution in [2.24, 2.45) is 0 Å². The van der Waals surface area contributed by atoms with Gasteiger partial charge in [-0.25, -0.2) is 4.98 Å². The van der Waals surface area contributed by atoms with Gasteiger partial charge in [0.2, 0.25) is 0 Å². The fourth-order valence-corrected chi connectivity index (χ4v) is 2.65. The van der Waals surface area contributed by atoms with E-state index in [1.165, 1.54) is 33.8 Å². The van der Waals surface area contributed by atoms with Crippen molar-refractivity contribution < 1.29 is 0 Å². The third-order valence-electron chi connectivity index (χ3n) is 3.38. The van der Waals surface area contributed by atoms with Crippen LogP contribution in [0.5, 0.6) is 0 Å². The Morgan fingerprint density at radius 3 is 2.16 bits per heavy atom. The van der Waals surface area contributed by atoms with Crippen molar-refractivity contribution in [1.82, 2.24) is 9.36 Å². The first kappa shape index (κ1) is 14.0. The van der Waals surface area contributed by atoms with E-state index in [4.69, 9.17) is 5.73 Å². The number of hydrogen-bond donors (Lipinski definition) is 1. The Morgan fingerprint density at radius 2 is 1.74 bits per heavy atom. The van der Waals surface area contributed by atoms with Crippen LogP contribution in [0.25, 0.3) is 0 Å². The molecule has 2 aromatic rings. The third-order valence-corrected chi connectivity index (χ3v) is 3.96. The Bertz CT molecular complexity index is 571. The van der Waals surface area contributed by atoms with Gasteiger partial charge in [0.05, 0.1) is 0 Å². The zero-order valence-electron chi connectivity index (χ0n) is 12.2. The molecule has 0 fully saturated rings. The lowest BCUT2D eigenvalue weighted by atomic mass is 9.83. The van der Waals surface area contributed by atoms with Crippen LogP contribution in [-0.2, 0) is 11.8 Å². The summed E-state index contributed by atoms with van der Waals surface area (Å²) in [6.07, 6.45) is 0.760. The molecule has 2 N–H and O–H groups in total. The van der Waals surface area contributed by atoms with Gasteiger partial charge < -0.3 is 5.73 Å². The maximum Gasteiger partial charge on any atom is 0.199 e. The molecule has 0 radical (unpaired) electrons. The van der Waals surface area contributed by atoms with Crippen LogP contribution in [-0.4, -0.2) is 9.36 Å². The summed E-state index contributed by atoms with van der Waals surface area (Å²) < 4.78 is 4.27. The van der Waals surface area contributed by atoms with Crippen molar-refractivity contribution in [2.45, 2.75) is 46.5 Å². The largest absolute Gasteiger partial charge is 0.374 e. The van der Waals surface area contributed by atoms with E-state index in [0.717, 1.165) is 12.2 Å². The summed E-state index contributed by atoms with van der Waals surface area (Å²) in [5.74, 6) is 0.817. The molecule has 0 aliphatic carbocycles.